The highest BCUT2D eigenvalue weighted by Gasteiger charge is 2.23. The summed E-state index contributed by atoms with van der Waals surface area (Å²) in [5.74, 6) is 1.10. The lowest BCUT2D eigenvalue weighted by atomic mass is 10.2. The molecule has 6 nitrogen and oxygen atoms in total. The first-order valence-corrected chi connectivity index (χ1v) is 13.3. The van der Waals surface area contributed by atoms with Gasteiger partial charge in [0.15, 0.2) is 11.0 Å². The van der Waals surface area contributed by atoms with Crippen molar-refractivity contribution in [2.24, 2.45) is 0 Å². The number of anilines is 1. The van der Waals surface area contributed by atoms with Crippen molar-refractivity contribution >= 4 is 35.1 Å². The summed E-state index contributed by atoms with van der Waals surface area (Å²) in [6, 6.07) is 28.5. The summed E-state index contributed by atoms with van der Waals surface area (Å²) in [4.78, 5) is 16.3. The monoisotopic (exact) mass is 504 g/mol. The zero-order valence-corrected chi connectivity index (χ0v) is 21.8. The topological polar surface area (TPSA) is 64.2 Å². The molecule has 0 fully saturated rings. The highest BCUT2D eigenvalue weighted by Crippen LogP contribution is 2.33. The van der Waals surface area contributed by atoms with Crippen LogP contribution in [0.2, 0.25) is 0 Å². The molecule has 0 saturated carbocycles. The van der Waals surface area contributed by atoms with Gasteiger partial charge in [0.1, 0.15) is 6.04 Å². The van der Waals surface area contributed by atoms with E-state index in [-0.39, 0.29) is 17.7 Å². The second-order valence-corrected chi connectivity index (χ2v) is 10.5. The summed E-state index contributed by atoms with van der Waals surface area (Å²) >= 11 is 3.05. The Balaban J connectivity index is 1.47. The van der Waals surface area contributed by atoms with Gasteiger partial charge in [-0.1, -0.05) is 84.2 Å². The number of carbonyl (C=O) groups is 1. The van der Waals surface area contributed by atoms with Crippen molar-refractivity contribution in [2.45, 2.75) is 34.5 Å². The fourth-order valence-electron chi connectivity index (χ4n) is 3.49. The van der Waals surface area contributed by atoms with Gasteiger partial charge in [0.25, 0.3) is 0 Å². The number of nitrogens with zero attached hydrogens (tertiary/aromatic N) is 3. The molecule has 0 aliphatic rings. The lowest BCUT2D eigenvalue weighted by Gasteiger charge is -2.18. The fraction of sp³-hybridized carbons (Fsp3) is 0.222. The van der Waals surface area contributed by atoms with Crippen LogP contribution in [0.4, 0.5) is 5.69 Å². The van der Waals surface area contributed by atoms with E-state index < -0.39 is 0 Å². The van der Waals surface area contributed by atoms with Crippen molar-refractivity contribution < 1.29 is 9.69 Å². The van der Waals surface area contributed by atoms with E-state index in [9.17, 15) is 4.79 Å². The Morgan fingerprint density at radius 2 is 1.60 bits per heavy atom. The zero-order valence-electron chi connectivity index (χ0n) is 20.1. The number of thioether (sulfide) groups is 1. The average molecular weight is 505 g/mol. The molecule has 1 aromatic heterocycles. The number of nitrogens with one attached hydrogen (secondary N) is 2. The number of amides is 1. The van der Waals surface area contributed by atoms with Crippen LogP contribution >= 0.6 is 23.5 Å². The first-order valence-electron chi connectivity index (χ1n) is 11.5. The number of hydrogen-bond donors (Lipinski definition) is 2. The molecule has 3 aromatic carbocycles. The number of quaternary nitrogens is 1. The molecule has 1 heterocycles. The molecule has 8 heteroatoms. The van der Waals surface area contributed by atoms with E-state index in [1.165, 1.54) is 22.2 Å². The maximum atomic E-state index is 12.9. The summed E-state index contributed by atoms with van der Waals surface area (Å²) in [7, 11) is 4.22. The van der Waals surface area contributed by atoms with Gasteiger partial charge in [-0.15, -0.1) is 10.2 Å². The molecule has 0 spiro atoms. The minimum Gasteiger partial charge on any atom is -0.331 e. The summed E-state index contributed by atoms with van der Waals surface area (Å²) < 4.78 is 2.13. The number of para-hydroxylation sites is 1. The van der Waals surface area contributed by atoms with Gasteiger partial charge in [-0.3, -0.25) is 9.36 Å². The Morgan fingerprint density at radius 3 is 2.31 bits per heavy atom. The van der Waals surface area contributed by atoms with E-state index in [0.29, 0.717) is 6.54 Å². The predicted molar refractivity (Wildman–Crippen MR) is 143 cm³/mol. The minimum atomic E-state index is -0.0711. The summed E-state index contributed by atoms with van der Waals surface area (Å²) in [6.45, 7) is 2.81. The van der Waals surface area contributed by atoms with Crippen LogP contribution in [0.3, 0.4) is 0 Å². The average Bonchev–Trinajstić information content (AvgIpc) is 3.26. The van der Waals surface area contributed by atoms with Gasteiger partial charge in [0, 0.05) is 9.79 Å². The molecule has 0 radical (unpaired) electrons. The van der Waals surface area contributed by atoms with E-state index in [1.807, 2.05) is 60.7 Å². The maximum absolute atomic E-state index is 12.9. The number of aromatic nitrogens is 3. The van der Waals surface area contributed by atoms with Crippen molar-refractivity contribution in [1.29, 1.82) is 0 Å². The first-order chi connectivity index (χ1) is 17.0. The van der Waals surface area contributed by atoms with Gasteiger partial charge in [0.05, 0.1) is 32.1 Å². The molecule has 0 unspecified atom stereocenters. The van der Waals surface area contributed by atoms with E-state index in [2.05, 4.69) is 65.4 Å². The van der Waals surface area contributed by atoms with E-state index in [1.54, 1.807) is 11.8 Å². The number of hydrogen-bond acceptors (Lipinski definition) is 5. The Labute approximate surface area is 215 Å². The van der Waals surface area contributed by atoms with Crippen molar-refractivity contribution in [1.82, 2.24) is 14.8 Å². The van der Waals surface area contributed by atoms with Crippen molar-refractivity contribution in [2.75, 3.05) is 25.2 Å². The Kier molecular flexibility index (Phi) is 8.63. The quantitative estimate of drug-likeness (QED) is 0.313. The van der Waals surface area contributed by atoms with Crippen molar-refractivity contribution in [3.05, 3.63) is 96.3 Å². The van der Waals surface area contributed by atoms with Crippen LogP contribution in [0.5, 0.6) is 0 Å². The predicted octanol–water partition coefficient (Wildman–Crippen LogP) is 4.41. The number of rotatable bonds is 10. The standard InChI is InChI=1S/C27H29N5OS2/c1-20(31(2)3)26-29-30-27(32(26)18-21-12-6-4-7-13-21)34-19-25(33)28-23-16-10-11-17-24(23)35-22-14-8-5-9-15-22/h4-17,20H,18-19H2,1-3H3,(H,28,33)/p+1/t20-/m0/s1. The molecule has 0 bridgehead atoms. The second kappa shape index (κ2) is 12.1. The highest BCUT2D eigenvalue weighted by molar-refractivity contribution is 8.00. The van der Waals surface area contributed by atoms with E-state index >= 15 is 0 Å². The number of benzene rings is 3. The lowest BCUT2D eigenvalue weighted by molar-refractivity contribution is -0.890. The van der Waals surface area contributed by atoms with Crippen LogP contribution in [-0.4, -0.2) is 40.5 Å². The third kappa shape index (κ3) is 6.75. The van der Waals surface area contributed by atoms with Gasteiger partial charge >= 0.3 is 0 Å². The van der Waals surface area contributed by atoms with Crippen LogP contribution in [-0.2, 0) is 11.3 Å². The van der Waals surface area contributed by atoms with E-state index in [4.69, 9.17) is 0 Å². The van der Waals surface area contributed by atoms with Gasteiger partial charge in [-0.25, -0.2) is 0 Å². The summed E-state index contributed by atoms with van der Waals surface area (Å²) in [6.07, 6.45) is 0. The molecule has 0 saturated heterocycles. The van der Waals surface area contributed by atoms with E-state index in [0.717, 1.165) is 26.5 Å². The molecule has 1 amide bonds. The minimum absolute atomic E-state index is 0.0711. The van der Waals surface area contributed by atoms with Crippen molar-refractivity contribution in [3.63, 3.8) is 0 Å². The number of carbonyl (C=O) groups excluding carboxylic acids is 1. The normalized spacial score (nSPS) is 12.0. The van der Waals surface area contributed by atoms with Crippen LogP contribution < -0.4 is 10.2 Å². The van der Waals surface area contributed by atoms with Crippen LogP contribution in [0.1, 0.15) is 24.4 Å². The molecule has 0 aliphatic heterocycles. The molecule has 4 rings (SSSR count). The molecule has 4 aromatic rings. The second-order valence-electron chi connectivity index (χ2n) is 8.46. The molecule has 0 aliphatic carbocycles. The molecule has 1 atom stereocenters. The Hall–Kier alpha value is -3.07. The van der Waals surface area contributed by atoms with Gasteiger partial charge in [-0.05, 0) is 36.8 Å². The largest absolute Gasteiger partial charge is 0.331 e. The third-order valence-corrected chi connectivity index (χ3v) is 7.70. The third-order valence-electron chi connectivity index (χ3n) is 5.65. The van der Waals surface area contributed by atoms with Gasteiger partial charge in [0.2, 0.25) is 5.91 Å². The van der Waals surface area contributed by atoms with Gasteiger partial charge in [-0.2, -0.15) is 0 Å². The molecule has 35 heavy (non-hydrogen) atoms. The van der Waals surface area contributed by atoms with Gasteiger partial charge < -0.3 is 10.2 Å². The zero-order chi connectivity index (χ0) is 24.6. The Bertz CT molecular complexity index is 1240. The maximum Gasteiger partial charge on any atom is 0.234 e. The van der Waals surface area contributed by atoms with Crippen LogP contribution in [0.15, 0.2) is 99.9 Å². The van der Waals surface area contributed by atoms with Crippen LogP contribution in [0, 0.1) is 0 Å². The molecule has 180 valence electrons. The SMILES string of the molecule is C[C@@H](c1nnc(SCC(=O)Nc2ccccc2Sc2ccccc2)n1Cc1ccccc1)[NH+](C)C. The Morgan fingerprint density at radius 1 is 0.943 bits per heavy atom. The first kappa shape index (κ1) is 25.0. The molecule has 2 N–H and O–H groups in total. The van der Waals surface area contributed by atoms with Crippen molar-refractivity contribution in [3.8, 4) is 0 Å². The summed E-state index contributed by atoms with van der Waals surface area (Å²) in [5.41, 5.74) is 1.98. The van der Waals surface area contributed by atoms with Crippen LogP contribution in [0.25, 0.3) is 0 Å². The fourth-order valence-corrected chi connectivity index (χ4v) is 5.16. The lowest BCUT2D eigenvalue weighted by Crippen LogP contribution is -3.05. The smallest absolute Gasteiger partial charge is 0.234 e. The molecular weight excluding hydrogens is 474 g/mol. The molecular formula is C27H30N5OS2+. The highest BCUT2D eigenvalue weighted by atomic mass is 32.2. The summed E-state index contributed by atoms with van der Waals surface area (Å²) in [5, 5.41) is 12.8.